The SMILES string of the molecule is O=C=NC1CCCCCN1C(=O)[N+]1(C(=O)N2CCCCCC2N=C=O)CCCCCC1N=C=O. The average Bonchev–Trinajstić information content (AvgIpc) is 3.30. The third-order valence-electron chi connectivity index (χ3n) is 7.20. The Labute approximate surface area is 199 Å². The first kappa shape index (κ1) is 25.7. The number of aliphatic imine (C=N–C) groups is 3. The molecule has 0 radical (unpaired) electrons. The van der Waals surface area contributed by atoms with E-state index in [0.29, 0.717) is 58.0 Å². The van der Waals surface area contributed by atoms with Crippen LogP contribution in [0.15, 0.2) is 15.0 Å². The average molecular weight is 474 g/mol. The highest BCUT2D eigenvalue weighted by atomic mass is 16.2. The van der Waals surface area contributed by atoms with Gasteiger partial charge in [-0.3, -0.25) is 9.80 Å². The van der Waals surface area contributed by atoms with Gasteiger partial charge in [-0.25, -0.2) is 24.0 Å². The second-order valence-corrected chi connectivity index (χ2v) is 9.20. The molecule has 34 heavy (non-hydrogen) atoms. The Balaban J connectivity index is 2.13. The van der Waals surface area contributed by atoms with Crippen molar-refractivity contribution >= 4 is 30.3 Å². The number of carbonyl (C=O) groups is 2. The lowest BCUT2D eigenvalue weighted by Gasteiger charge is -2.42. The molecule has 3 aliphatic heterocycles. The molecule has 3 rings (SSSR count). The molecule has 3 heterocycles. The van der Waals surface area contributed by atoms with Crippen LogP contribution in [0.25, 0.3) is 0 Å². The van der Waals surface area contributed by atoms with Gasteiger partial charge in [0, 0.05) is 19.5 Å². The minimum Gasteiger partial charge on any atom is -0.269 e. The van der Waals surface area contributed by atoms with Gasteiger partial charge in [-0.05, 0) is 57.8 Å². The number of hydrogen-bond acceptors (Lipinski definition) is 8. The van der Waals surface area contributed by atoms with E-state index in [2.05, 4.69) is 15.0 Å². The van der Waals surface area contributed by atoms with E-state index in [-0.39, 0.29) is 6.54 Å². The van der Waals surface area contributed by atoms with Gasteiger partial charge in [0.1, 0.15) is 12.3 Å². The Morgan fingerprint density at radius 2 is 1.09 bits per heavy atom. The fourth-order valence-electron chi connectivity index (χ4n) is 5.46. The Hall–Kier alpha value is -2.96. The number of rotatable bonds is 3. The molecule has 11 nitrogen and oxygen atoms in total. The van der Waals surface area contributed by atoms with Crippen molar-refractivity contribution in [3.63, 3.8) is 0 Å². The van der Waals surface area contributed by atoms with E-state index >= 15 is 0 Å². The fourth-order valence-corrected chi connectivity index (χ4v) is 5.46. The summed E-state index contributed by atoms with van der Waals surface area (Å²) in [6, 6.07) is -1.03. The Kier molecular flexibility index (Phi) is 9.42. The van der Waals surface area contributed by atoms with E-state index in [9.17, 15) is 24.0 Å². The van der Waals surface area contributed by atoms with Gasteiger partial charge in [0.25, 0.3) is 0 Å². The maximum atomic E-state index is 14.3. The number of isocyanates is 3. The zero-order valence-corrected chi connectivity index (χ0v) is 19.6. The van der Waals surface area contributed by atoms with Gasteiger partial charge >= 0.3 is 12.1 Å². The predicted molar refractivity (Wildman–Crippen MR) is 120 cm³/mol. The number of imide groups is 1. The third kappa shape index (κ3) is 5.40. The van der Waals surface area contributed by atoms with Crippen molar-refractivity contribution in [2.24, 2.45) is 15.0 Å². The van der Waals surface area contributed by atoms with Gasteiger partial charge in [-0.2, -0.15) is 9.98 Å². The highest BCUT2D eigenvalue weighted by molar-refractivity contribution is 5.84. The zero-order chi connectivity index (χ0) is 24.4. The van der Waals surface area contributed by atoms with E-state index in [1.54, 1.807) is 18.2 Å². The minimum absolute atomic E-state index is 0.162. The molecule has 3 aliphatic rings. The number of likely N-dealkylation sites (tertiary alicyclic amines) is 3. The summed E-state index contributed by atoms with van der Waals surface area (Å²) in [6.45, 7) is 0.848. The van der Waals surface area contributed by atoms with Gasteiger partial charge < -0.3 is 0 Å². The van der Waals surface area contributed by atoms with Crippen molar-refractivity contribution in [1.29, 1.82) is 0 Å². The summed E-state index contributed by atoms with van der Waals surface area (Å²) < 4.78 is -0.703. The summed E-state index contributed by atoms with van der Waals surface area (Å²) in [6.07, 6.45) is 10.6. The van der Waals surface area contributed by atoms with E-state index in [0.717, 1.165) is 32.1 Å². The molecular formula is C23H33N6O5+. The second-order valence-electron chi connectivity index (χ2n) is 9.20. The van der Waals surface area contributed by atoms with Crippen LogP contribution in [0.1, 0.15) is 77.0 Å². The quantitative estimate of drug-likeness (QED) is 0.353. The Morgan fingerprint density at radius 1 is 0.618 bits per heavy atom. The number of nitrogens with zero attached hydrogens (tertiary/aromatic N) is 6. The first-order chi connectivity index (χ1) is 16.6. The minimum atomic E-state index is -0.937. The molecule has 3 unspecified atom stereocenters. The Morgan fingerprint density at radius 3 is 1.59 bits per heavy atom. The summed E-state index contributed by atoms with van der Waals surface area (Å²) in [5.41, 5.74) is 0. The summed E-state index contributed by atoms with van der Waals surface area (Å²) in [5.74, 6) is 0. The lowest BCUT2D eigenvalue weighted by Crippen LogP contribution is -2.70. The summed E-state index contributed by atoms with van der Waals surface area (Å²) in [4.78, 5) is 77.1. The van der Waals surface area contributed by atoms with Crippen LogP contribution in [-0.2, 0) is 14.4 Å². The van der Waals surface area contributed by atoms with Gasteiger partial charge in [-0.1, -0.05) is 12.8 Å². The molecule has 0 spiro atoms. The van der Waals surface area contributed by atoms with Crippen LogP contribution < -0.4 is 0 Å². The molecular weight excluding hydrogens is 440 g/mol. The maximum absolute atomic E-state index is 14.3. The van der Waals surface area contributed by atoms with Gasteiger partial charge in [0.05, 0.1) is 6.54 Å². The molecule has 0 saturated carbocycles. The van der Waals surface area contributed by atoms with Crippen LogP contribution in [0.3, 0.4) is 0 Å². The maximum Gasteiger partial charge on any atom is 0.431 e. The topological polar surface area (TPSA) is 129 Å². The zero-order valence-electron chi connectivity index (χ0n) is 19.6. The second kappa shape index (κ2) is 12.5. The normalized spacial score (nSPS) is 30.3. The largest absolute Gasteiger partial charge is 0.431 e. The first-order valence-electron chi connectivity index (χ1n) is 12.3. The van der Waals surface area contributed by atoms with Crippen molar-refractivity contribution < 1.29 is 28.5 Å². The molecule has 3 atom stereocenters. The molecule has 3 fully saturated rings. The molecule has 0 aromatic rings. The van der Waals surface area contributed by atoms with Crippen LogP contribution in [0.5, 0.6) is 0 Å². The van der Waals surface area contributed by atoms with Crippen LogP contribution in [0, 0.1) is 0 Å². The smallest absolute Gasteiger partial charge is 0.269 e. The van der Waals surface area contributed by atoms with Crippen molar-refractivity contribution in [2.45, 2.75) is 95.5 Å². The lowest BCUT2D eigenvalue weighted by atomic mass is 10.2. The number of quaternary nitrogens is 1. The molecule has 184 valence electrons. The van der Waals surface area contributed by atoms with Crippen molar-refractivity contribution in [3.05, 3.63) is 0 Å². The number of hydrogen-bond donors (Lipinski definition) is 0. The molecule has 3 saturated heterocycles. The first-order valence-corrected chi connectivity index (χ1v) is 12.3. The van der Waals surface area contributed by atoms with E-state index < -0.39 is 35.0 Å². The highest BCUT2D eigenvalue weighted by Crippen LogP contribution is 2.34. The molecule has 4 amide bonds. The summed E-state index contributed by atoms with van der Waals surface area (Å²) in [7, 11) is 0. The molecule has 0 aliphatic carbocycles. The van der Waals surface area contributed by atoms with Crippen LogP contribution in [0.2, 0.25) is 0 Å². The monoisotopic (exact) mass is 473 g/mol. The van der Waals surface area contributed by atoms with E-state index in [1.165, 1.54) is 9.80 Å². The van der Waals surface area contributed by atoms with Gasteiger partial charge in [-0.15, -0.1) is 9.48 Å². The van der Waals surface area contributed by atoms with Crippen molar-refractivity contribution in [2.75, 3.05) is 19.6 Å². The van der Waals surface area contributed by atoms with E-state index in [4.69, 9.17) is 0 Å². The van der Waals surface area contributed by atoms with Gasteiger partial charge in [0.15, 0.2) is 0 Å². The number of carbonyl (C=O) groups excluding carboxylic acids is 5. The Bertz CT molecular complexity index is 838. The molecule has 0 bridgehead atoms. The van der Waals surface area contributed by atoms with E-state index in [1.807, 2.05) is 0 Å². The van der Waals surface area contributed by atoms with Crippen molar-refractivity contribution in [1.82, 2.24) is 9.80 Å². The molecule has 11 heteroatoms. The standard InChI is InChI=1S/C23H33N6O5/c30-16-24-19-10-4-1-7-13-27(19)22(33)29(15-9-3-6-12-21(29)26-18-32)23(34)28-14-8-2-5-11-20(28)25-17-31/h19-21H,1-15H2/q+1. The van der Waals surface area contributed by atoms with Crippen LogP contribution >= 0.6 is 0 Å². The summed E-state index contributed by atoms with van der Waals surface area (Å²) in [5, 5.41) is 0. The molecule has 0 aromatic heterocycles. The lowest BCUT2D eigenvalue weighted by molar-refractivity contribution is -0.803. The number of amides is 4. The molecule has 0 N–H and O–H groups in total. The molecule has 0 aromatic carbocycles. The van der Waals surface area contributed by atoms with Crippen molar-refractivity contribution in [3.8, 4) is 0 Å². The number of urea groups is 2. The fraction of sp³-hybridized carbons (Fsp3) is 0.783. The van der Waals surface area contributed by atoms with Gasteiger partial charge in [0.2, 0.25) is 24.4 Å². The highest BCUT2D eigenvalue weighted by Gasteiger charge is 2.58. The summed E-state index contributed by atoms with van der Waals surface area (Å²) >= 11 is 0. The predicted octanol–water partition coefficient (Wildman–Crippen LogP) is 3.35. The third-order valence-corrected chi connectivity index (χ3v) is 7.20. The van der Waals surface area contributed by atoms with Crippen LogP contribution in [-0.4, -0.2) is 82.7 Å². The van der Waals surface area contributed by atoms with Crippen LogP contribution in [0.4, 0.5) is 9.59 Å².